The van der Waals surface area contributed by atoms with Gasteiger partial charge in [0.15, 0.2) is 5.11 Å². The third-order valence-corrected chi connectivity index (χ3v) is 5.55. The van der Waals surface area contributed by atoms with Crippen molar-refractivity contribution in [1.29, 1.82) is 0 Å². The molecule has 7 heteroatoms. The molecule has 1 atom stereocenters. The van der Waals surface area contributed by atoms with Gasteiger partial charge in [0.05, 0.1) is 12.2 Å². The number of carbonyl (C=O) groups excluding carboxylic acids is 1. The van der Waals surface area contributed by atoms with Crippen LogP contribution in [0.25, 0.3) is 0 Å². The van der Waals surface area contributed by atoms with Gasteiger partial charge in [0.25, 0.3) is 0 Å². The van der Waals surface area contributed by atoms with Crippen LogP contribution in [0.1, 0.15) is 28.2 Å². The van der Waals surface area contributed by atoms with E-state index in [1.807, 2.05) is 11.0 Å². The van der Waals surface area contributed by atoms with Crippen LogP contribution in [-0.2, 0) is 4.74 Å². The van der Waals surface area contributed by atoms with Crippen LogP contribution >= 0.6 is 24.0 Å². The molecule has 26 heavy (non-hydrogen) atoms. The Hall–Kier alpha value is -2.12. The third-order valence-electron chi connectivity index (χ3n) is 3.97. The minimum atomic E-state index is -0.350. The first kappa shape index (κ1) is 18.7. The van der Waals surface area contributed by atoms with Crippen molar-refractivity contribution in [2.75, 3.05) is 24.2 Å². The highest BCUT2D eigenvalue weighted by Gasteiger charge is 2.30. The zero-order chi connectivity index (χ0) is 18.5. The molecule has 1 heterocycles. The summed E-state index contributed by atoms with van der Waals surface area (Å²) in [6.45, 7) is 2.86. The number of esters is 1. The summed E-state index contributed by atoms with van der Waals surface area (Å²) >= 11 is 7.20. The van der Waals surface area contributed by atoms with E-state index in [1.165, 1.54) is 6.07 Å². The van der Waals surface area contributed by atoms with Crippen molar-refractivity contribution in [2.45, 2.75) is 12.3 Å². The Balaban J connectivity index is 1.69. The molecule has 1 N–H and O–H groups in total. The van der Waals surface area contributed by atoms with Gasteiger partial charge in [0.1, 0.15) is 11.2 Å². The normalized spacial score (nSPS) is 16.4. The van der Waals surface area contributed by atoms with Crippen LogP contribution in [0.5, 0.6) is 0 Å². The highest BCUT2D eigenvalue weighted by Crippen LogP contribution is 2.39. The second-order valence-electron chi connectivity index (χ2n) is 5.67. The third kappa shape index (κ3) is 4.16. The summed E-state index contributed by atoms with van der Waals surface area (Å²) in [5.41, 5.74) is 1.90. The van der Waals surface area contributed by atoms with Crippen LogP contribution < -0.4 is 5.32 Å². The molecule has 0 amide bonds. The minimum Gasteiger partial charge on any atom is -0.462 e. The number of halogens is 1. The molecule has 136 valence electrons. The predicted molar refractivity (Wildman–Crippen MR) is 107 cm³/mol. The van der Waals surface area contributed by atoms with Crippen molar-refractivity contribution in [3.8, 4) is 0 Å². The molecule has 0 bridgehead atoms. The van der Waals surface area contributed by atoms with Crippen molar-refractivity contribution in [3.05, 3.63) is 65.5 Å². The molecule has 2 aromatic rings. The predicted octanol–water partition coefficient (Wildman–Crippen LogP) is 4.45. The van der Waals surface area contributed by atoms with Crippen LogP contribution in [0, 0.1) is 5.82 Å². The number of rotatable bonds is 4. The lowest BCUT2D eigenvalue weighted by molar-refractivity contribution is 0.0526. The zero-order valence-electron chi connectivity index (χ0n) is 14.3. The van der Waals surface area contributed by atoms with Gasteiger partial charge in [-0.2, -0.15) is 0 Å². The summed E-state index contributed by atoms with van der Waals surface area (Å²) in [6, 6.07) is 13.7. The molecule has 1 aliphatic rings. The maximum Gasteiger partial charge on any atom is 0.338 e. The first-order valence-electron chi connectivity index (χ1n) is 8.31. The zero-order valence-corrected chi connectivity index (χ0v) is 15.9. The monoisotopic (exact) mass is 390 g/mol. The van der Waals surface area contributed by atoms with Gasteiger partial charge < -0.3 is 15.0 Å². The van der Waals surface area contributed by atoms with Gasteiger partial charge in [0.2, 0.25) is 0 Å². The molecule has 4 nitrogen and oxygen atoms in total. The number of carbonyl (C=O) groups is 1. The fraction of sp³-hybridized carbons (Fsp3) is 0.263. The first-order valence-corrected chi connectivity index (χ1v) is 9.76. The van der Waals surface area contributed by atoms with E-state index in [0.717, 1.165) is 18.0 Å². The quantitative estimate of drug-likeness (QED) is 0.615. The number of nitrogens with one attached hydrogen (secondary N) is 1. The first-order chi connectivity index (χ1) is 12.6. The van der Waals surface area contributed by atoms with E-state index in [9.17, 15) is 9.18 Å². The summed E-state index contributed by atoms with van der Waals surface area (Å²) in [5, 5.41) is 3.56. The molecule has 0 saturated carbocycles. The number of hydrogen-bond donors (Lipinski definition) is 1. The number of nitrogens with zero attached hydrogens (tertiary/aromatic N) is 1. The molecule has 3 rings (SSSR count). The Morgan fingerprint density at radius 3 is 2.73 bits per heavy atom. The van der Waals surface area contributed by atoms with E-state index in [-0.39, 0.29) is 17.2 Å². The molecular formula is C19H19FN2O2S2. The van der Waals surface area contributed by atoms with Crippen molar-refractivity contribution >= 4 is 40.7 Å². The number of thiocarbonyl (C=S) groups is 1. The number of hydrogen-bond acceptors (Lipinski definition) is 4. The average molecular weight is 391 g/mol. The van der Waals surface area contributed by atoms with Gasteiger partial charge in [-0.05, 0) is 49.5 Å². The lowest BCUT2D eigenvalue weighted by Gasteiger charge is -2.27. The van der Waals surface area contributed by atoms with Crippen molar-refractivity contribution in [2.24, 2.45) is 0 Å². The SMILES string of the molecule is CCOC(=O)c1ccc(NC(=S)N2CCSC2c2ccccc2F)cc1. The average Bonchev–Trinajstić information content (AvgIpc) is 3.12. The van der Waals surface area contributed by atoms with Gasteiger partial charge in [-0.1, -0.05) is 18.2 Å². The Kier molecular flexibility index (Phi) is 6.11. The van der Waals surface area contributed by atoms with Crippen molar-refractivity contribution in [3.63, 3.8) is 0 Å². The van der Waals surface area contributed by atoms with Crippen LogP contribution in [0.3, 0.4) is 0 Å². The maximum atomic E-state index is 14.1. The van der Waals surface area contributed by atoms with Gasteiger partial charge in [0, 0.05) is 23.5 Å². The highest BCUT2D eigenvalue weighted by atomic mass is 32.2. The van der Waals surface area contributed by atoms with Crippen LogP contribution in [0.4, 0.5) is 10.1 Å². The largest absolute Gasteiger partial charge is 0.462 e. The fourth-order valence-corrected chi connectivity index (χ4v) is 4.38. The highest BCUT2D eigenvalue weighted by molar-refractivity contribution is 7.99. The van der Waals surface area contributed by atoms with E-state index < -0.39 is 0 Å². The summed E-state index contributed by atoms with van der Waals surface area (Å²) in [5.74, 6) is 0.304. The lowest BCUT2D eigenvalue weighted by atomic mass is 10.2. The molecule has 1 fully saturated rings. The number of thioether (sulfide) groups is 1. The summed E-state index contributed by atoms with van der Waals surface area (Å²) < 4.78 is 19.1. The van der Waals surface area contributed by atoms with Crippen LogP contribution in [0.15, 0.2) is 48.5 Å². The number of benzene rings is 2. The Labute approximate surface area is 161 Å². The molecule has 0 radical (unpaired) electrons. The maximum absolute atomic E-state index is 14.1. The Morgan fingerprint density at radius 2 is 2.04 bits per heavy atom. The molecule has 1 aliphatic heterocycles. The second kappa shape index (κ2) is 8.51. The standard InChI is InChI=1S/C19H19FN2O2S2/c1-2-24-18(23)13-7-9-14(10-8-13)21-19(25)22-11-12-26-17(22)15-5-3-4-6-16(15)20/h3-10,17H,2,11-12H2,1H3,(H,21,25). The molecule has 0 aliphatic carbocycles. The van der Waals surface area contributed by atoms with Crippen LogP contribution in [0.2, 0.25) is 0 Å². The van der Waals surface area contributed by atoms with Crippen molar-refractivity contribution in [1.82, 2.24) is 4.90 Å². The summed E-state index contributed by atoms with van der Waals surface area (Å²) in [6.07, 6.45) is 0. The molecular weight excluding hydrogens is 371 g/mol. The van der Waals surface area contributed by atoms with E-state index >= 15 is 0 Å². The van der Waals surface area contributed by atoms with E-state index in [1.54, 1.807) is 55.1 Å². The van der Waals surface area contributed by atoms with Gasteiger partial charge in [-0.15, -0.1) is 11.8 Å². The lowest BCUT2D eigenvalue weighted by Crippen LogP contribution is -2.34. The molecule has 1 saturated heterocycles. The van der Waals surface area contributed by atoms with E-state index in [0.29, 0.717) is 22.8 Å². The molecule has 2 aromatic carbocycles. The molecule has 0 aromatic heterocycles. The Bertz CT molecular complexity index is 798. The van der Waals surface area contributed by atoms with E-state index in [2.05, 4.69) is 5.32 Å². The Morgan fingerprint density at radius 1 is 1.31 bits per heavy atom. The smallest absolute Gasteiger partial charge is 0.338 e. The molecule has 0 spiro atoms. The van der Waals surface area contributed by atoms with E-state index in [4.69, 9.17) is 17.0 Å². The number of ether oxygens (including phenoxy) is 1. The second-order valence-corrected chi connectivity index (χ2v) is 7.24. The fourth-order valence-electron chi connectivity index (χ4n) is 2.71. The van der Waals surface area contributed by atoms with Gasteiger partial charge in [-0.25, -0.2) is 9.18 Å². The molecule has 1 unspecified atom stereocenters. The topological polar surface area (TPSA) is 41.6 Å². The summed E-state index contributed by atoms with van der Waals surface area (Å²) in [7, 11) is 0. The van der Waals surface area contributed by atoms with Crippen molar-refractivity contribution < 1.29 is 13.9 Å². The van der Waals surface area contributed by atoms with Crippen LogP contribution in [-0.4, -0.2) is 34.9 Å². The minimum absolute atomic E-state index is 0.144. The van der Waals surface area contributed by atoms with Gasteiger partial charge in [-0.3, -0.25) is 0 Å². The van der Waals surface area contributed by atoms with Gasteiger partial charge >= 0.3 is 5.97 Å². The summed E-state index contributed by atoms with van der Waals surface area (Å²) in [4.78, 5) is 13.7. The number of anilines is 1.